The first-order valence-corrected chi connectivity index (χ1v) is 5.01. The lowest BCUT2D eigenvalue weighted by Gasteiger charge is -2.02. The van der Waals surface area contributed by atoms with E-state index in [2.05, 4.69) is 25.9 Å². The van der Waals surface area contributed by atoms with Crippen LogP contribution in [0, 0.1) is 0 Å². The first kappa shape index (κ1) is 11.7. The Kier molecular flexibility index (Phi) is 4.30. The Balaban J connectivity index is 2.63. The maximum atomic E-state index is 10.1. The van der Waals surface area contributed by atoms with Gasteiger partial charge >= 0.3 is 0 Å². The van der Waals surface area contributed by atoms with Crippen molar-refractivity contribution in [2.24, 2.45) is 5.16 Å². The fourth-order valence-corrected chi connectivity index (χ4v) is 1.19. The van der Waals surface area contributed by atoms with Crippen molar-refractivity contribution in [3.63, 3.8) is 0 Å². The van der Waals surface area contributed by atoms with Crippen LogP contribution in [0.4, 0.5) is 0 Å². The molecular formula is C10H9BrNO3-. The van der Waals surface area contributed by atoms with Crippen LogP contribution in [-0.2, 0) is 9.63 Å². The lowest BCUT2D eigenvalue weighted by atomic mass is 10.1. The molecule has 0 spiro atoms. The van der Waals surface area contributed by atoms with Gasteiger partial charge in [-0.15, -0.1) is 0 Å². The van der Waals surface area contributed by atoms with E-state index in [4.69, 9.17) is 0 Å². The number of carbonyl (C=O) groups is 1. The summed E-state index contributed by atoms with van der Waals surface area (Å²) in [4.78, 5) is 14.6. The number of benzene rings is 1. The minimum Gasteiger partial charge on any atom is -0.546 e. The highest BCUT2D eigenvalue weighted by molar-refractivity contribution is 9.10. The van der Waals surface area contributed by atoms with Crippen molar-refractivity contribution in [3.8, 4) is 0 Å². The van der Waals surface area contributed by atoms with Crippen molar-refractivity contribution < 1.29 is 14.7 Å². The van der Waals surface area contributed by atoms with Gasteiger partial charge in [0.1, 0.15) is 0 Å². The Hall–Kier alpha value is -1.36. The highest BCUT2D eigenvalue weighted by atomic mass is 79.9. The molecule has 80 valence electrons. The van der Waals surface area contributed by atoms with Gasteiger partial charge in [0.25, 0.3) is 0 Å². The number of halogens is 1. The fourth-order valence-electron chi connectivity index (χ4n) is 0.926. The molecule has 0 atom stereocenters. The van der Waals surface area contributed by atoms with Crippen LogP contribution in [0.15, 0.2) is 33.9 Å². The van der Waals surface area contributed by atoms with Crippen molar-refractivity contribution in [3.05, 3.63) is 34.3 Å². The molecule has 15 heavy (non-hydrogen) atoms. The van der Waals surface area contributed by atoms with Gasteiger partial charge in [-0.05, 0) is 24.6 Å². The maximum Gasteiger partial charge on any atom is 0.156 e. The summed E-state index contributed by atoms with van der Waals surface area (Å²) in [5.41, 5.74) is 1.49. The third-order valence-corrected chi connectivity index (χ3v) is 2.17. The van der Waals surface area contributed by atoms with E-state index in [1.807, 2.05) is 24.3 Å². The number of carboxylic acids is 1. The maximum absolute atomic E-state index is 10.1. The molecule has 0 aliphatic rings. The van der Waals surface area contributed by atoms with E-state index < -0.39 is 12.6 Å². The first-order valence-electron chi connectivity index (χ1n) is 4.22. The van der Waals surface area contributed by atoms with E-state index in [0.29, 0.717) is 5.71 Å². The third-order valence-electron chi connectivity index (χ3n) is 1.65. The van der Waals surface area contributed by atoms with Gasteiger partial charge < -0.3 is 14.7 Å². The van der Waals surface area contributed by atoms with Crippen LogP contribution in [0.2, 0.25) is 0 Å². The Labute approximate surface area is 95.7 Å². The van der Waals surface area contributed by atoms with E-state index in [9.17, 15) is 9.90 Å². The van der Waals surface area contributed by atoms with E-state index in [1.165, 1.54) is 0 Å². The highest BCUT2D eigenvalue weighted by Crippen LogP contribution is 2.11. The largest absolute Gasteiger partial charge is 0.546 e. The summed E-state index contributed by atoms with van der Waals surface area (Å²) < 4.78 is 0.967. The lowest BCUT2D eigenvalue weighted by Crippen LogP contribution is -2.26. The smallest absolute Gasteiger partial charge is 0.156 e. The van der Waals surface area contributed by atoms with Crippen molar-refractivity contribution in [1.29, 1.82) is 0 Å². The molecule has 0 amide bonds. The van der Waals surface area contributed by atoms with Gasteiger partial charge in [-0.1, -0.05) is 33.2 Å². The summed E-state index contributed by atoms with van der Waals surface area (Å²) >= 11 is 3.31. The number of rotatable bonds is 4. The van der Waals surface area contributed by atoms with Crippen LogP contribution < -0.4 is 5.11 Å². The SMILES string of the molecule is C/C(=N/OCC(=O)[O-])c1ccc(Br)cc1. The minimum atomic E-state index is -1.29. The molecule has 0 aromatic heterocycles. The van der Waals surface area contributed by atoms with Crippen LogP contribution in [-0.4, -0.2) is 18.3 Å². The lowest BCUT2D eigenvalue weighted by molar-refractivity contribution is -0.309. The van der Waals surface area contributed by atoms with Gasteiger partial charge in [-0.3, -0.25) is 0 Å². The number of aliphatic carboxylic acids is 1. The van der Waals surface area contributed by atoms with Gasteiger partial charge in [0.05, 0.1) is 11.7 Å². The summed E-state index contributed by atoms with van der Waals surface area (Å²) in [7, 11) is 0. The summed E-state index contributed by atoms with van der Waals surface area (Å²) in [6.07, 6.45) is 0. The fraction of sp³-hybridized carbons (Fsp3) is 0.200. The average molecular weight is 271 g/mol. The van der Waals surface area contributed by atoms with E-state index >= 15 is 0 Å². The van der Waals surface area contributed by atoms with Gasteiger partial charge in [-0.25, -0.2) is 0 Å². The summed E-state index contributed by atoms with van der Waals surface area (Å²) in [5.74, 6) is -1.29. The number of carboxylic acid groups (broad SMARTS) is 1. The molecule has 0 saturated carbocycles. The van der Waals surface area contributed by atoms with Gasteiger partial charge in [0.2, 0.25) is 0 Å². The molecule has 0 aliphatic heterocycles. The molecule has 0 aliphatic carbocycles. The zero-order valence-electron chi connectivity index (χ0n) is 8.07. The summed E-state index contributed by atoms with van der Waals surface area (Å²) in [5, 5.41) is 13.7. The predicted molar refractivity (Wildman–Crippen MR) is 57.3 cm³/mol. The predicted octanol–water partition coefficient (Wildman–Crippen LogP) is 0.940. The Morgan fingerprint density at radius 1 is 1.47 bits per heavy atom. The second kappa shape index (κ2) is 5.50. The number of nitrogens with zero attached hydrogens (tertiary/aromatic N) is 1. The quantitative estimate of drug-likeness (QED) is 0.604. The molecule has 4 nitrogen and oxygen atoms in total. The molecule has 0 unspecified atom stereocenters. The Morgan fingerprint density at radius 3 is 2.60 bits per heavy atom. The molecule has 1 aromatic rings. The van der Waals surface area contributed by atoms with Crippen LogP contribution in [0.25, 0.3) is 0 Å². The summed E-state index contributed by atoms with van der Waals surface area (Å²) in [6, 6.07) is 7.44. The van der Waals surface area contributed by atoms with Crippen molar-refractivity contribution >= 4 is 27.6 Å². The van der Waals surface area contributed by atoms with Crippen molar-refractivity contribution in [2.45, 2.75) is 6.92 Å². The van der Waals surface area contributed by atoms with Crippen LogP contribution in [0.3, 0.4) is 0 Å². The molecule has 1 aromatic carbocycles. The highest BCUT2D eigenvalue weighted by Gasteiger charge is 1.97. The first-order chi connectivity index (χ1) is 7.09. The standard InChI is InChI=1S/C10H10BrNO3/c1-7(12-15-6-10(13)14)8-2-4-9(11)5-3-8/h2-5H,6H2,1H3,(H,13,14)/p-1/b12-7-. The molecule has 0 saturated heterocycles. The van der Waals surface area contributed by atoms with Crippen molar-refractivity contribution in [1.82, 2.24) is 0 Å². The number of oxime groups is 1. The Bertz CT molecular complexity index is 373. The molecule has 0 N–H and O–H groups in total. The van der Waals surface area contributed by atoms with E-state index in [0.717, 1.165) is 10.0 Å². The summed E-state index contributed by atoms with van der Waals surface area (Å²) in [6.45, 7) is 1.20. The molecule has 5 heteroatoms. The number of hydrogen-bond donors (Lipinski definition) is 0. The zero-order valence-corrected chi connectivity index (χ0v) is 9.65. The molecular weight excluding hydrogens is 262 g/mol. The van der Waals surface area contributed by atoms with Crippen molar-refractivity contribution in [2.75, 3.05) is 6.61 Å². The molecule has 0 fully saturated rings. The number of carbonyl (C=O) groups excluding carboxylic acids is 1. The minimum absolute atomic E-state index is 0.534. The van der Waals surface area contributed by atoms with Crippen LogP contribution in [0.5, 0.6) is 0 Å². The van der Waals surface area contributed by atoms with Gasteiger partial charge in [0.15, 0.2) is 6.61 Å². The van der Waals surface area contributed by atoms with Gasteiger partial charge in [-0.2, -0.15) is 0 Å². The molecule has 0 radical (unpaired) electrons. The monoisotopic (exact) mass is 270 g/mol. The molecule has 1 rings (SSSR count). The number of hydrogen-bond acceptors (Lipinski definition) is 4. The Morgan fingerprint density at radius 2 is 2.07 bits per heavy atom. The van der Waals surface area contributed by atoms with Crippen LogP contribution in [0.1, 0.15) is 12.5 Å². The average Bonchev–Trinajstić information content (AvgIpc) is 2.18. The molecule has 0 heterocycles. The molecule has 0 bridgehead atoms. The third kappa shape index (κ3) is 4.12. The zero-order chi connectivity index (χ0) is 11.3. The van der Waals surface area contributed by atoms with Gasteiger partial charge in [0, 0.05) is 4.47 Å². The van der Waals surface area contributed by atoms with E-state index in [1.54, 1.807) is 6.92 Å². The van der Waals surface area contributed by atoms with E-state index in [-0.39, 0.29) is 0 Å². The topological polar surface area (TPSA) is 61.7 Å². The van der Waals surface area contributed by atoms with Crippen LogP contribution >= 0.6 is 15.9 Å². The second-order valence-electron chi connectivity index (χ2n) is 2.83. The normalized spacial score (nSPS) is 11.2. The second-order valence-corrected chi connectivity index (χ2v) is 3.74.